The SMILES string of the molecule is c1ccc(-c2ccc(N(c3ccccc3)c3ccc4ccc5c(N(c6ccccc6)c6cccc7c6oc6c(C8CCCCC8)cc8ccccc8c67)ccc6ccc3c4c65)cc2)cc1.c1ccc(N(c2ccccc2)c2ccc3ccc4c(N(c5ccccc5)c5cccc6c5oc5c(C7CCCCC7)cc7ccccc7c56)ccc5ccc2c3c54)cc1. The van der Waals surface area contributed by atoms with E-state index >= 15 is 0 Å². The quantitative estimate of drug-likeness (QED) is 0.0953. The molecule has 0 radical (unpaired) electrons. The molecule has 124 heavy (non-hydrogen) atoms. The highest BCUT2D eigenvalue weighted by molar-refractivity contribution is 6.31. The van der Waals surface area contributed by atoms with E-state index in [1.807, 2.05) is 0 Å². The van der Waals surface area contributed by atoms with Gasteiger partial charge in [-0.1, -0.05) is 318 Å². The van der Waals surface area contributed by atoms with Crippen molar-refractivity contribution in [2.45, 2.75) is 76.0 Å². The number of nitrogens with zero attached hydrogens (tertiary/aromatic N) is 4. The number of benzene rings is 21. The molecule has 2 saturated carbocycles. The third kappa shape index (κ3) is 12.3. The predicted octanol–water partition coefficient (Wildman–Crippen LogP) is 34.9. The van der Waals surface area contributed by atoms with E-state index in [1.165, 1.54) is 183 Å². The zero-order chi connectivity index (χ0) is 81.7. The second-order valence-corrected chi connectivity index (χ2v) is 34.1. The number of fused-ring (bicyclic) bond motifs is 10. The summed E-state index contributed by atoms with van der Waals surface area (Å²) >= 11 is 0. The Balaban J connectivity index is 0.000000140. The van der Waals surface area contributed by atoms with E-state index in [9.17, 15) is 0 Å². The van der Waals surface area contributed by atoms with Crippen LogP contribution in [0.15, 0.2) is 409 Å². The standard InChI is InChI=1S/C62H46N2O.C56H42N2O/c1-5-16-41(17-6-1)42-28-34-49(35-29-42)63(47-21-9-3-10-22-47)55-38-32-44-31-37-52-56(39-33-45-30-36-51(55)58(44)59(45)52)64(48-23-11-4-12-24-48)57-27-15-26-53-60-50-25-14-13-20-46(50)40-54(62(60)65-61(53)57)43-18-7-2-8-19-43;1-5-16-37(17-6-1)48-36-40-18-13-14-25-44(40)54-47-26-15-27-51(55(47)59-56(48)54)58(43-23-11-4-12-24-43)50-35-31-39-28-32-45-49(34-30-38-29-33-46(50)53(39)52(38)45)57(41-19-7-2-8-20-41)42-21-9-3-10-22-42/h1,3-6,9-17,20-40,43H,2,7-8,18-19H2;2-4,7-15,18-37H,1,5-6,16-17H2. The zero-order valence-electron chi connectivity index (χ0n) is 68.9. The van der Waals surface area contributed by atoms with Crippen molar-refractivity contribution in [1.82, 2.24) is 0 Å². The van der Waals surface area contributed by atoms with E-state index in [2.05, 4.69) is 420 Å². The third-order valence-electron chi connectivity index (χ3n) is 27.1. The van der Waals surface area contributed by atoms with Crippen molar-refractivity contribution < 1.29 is 8.83 Å². The van der Waals surface area contributed by atoms with Crippen LogP contribution in [0.25, 0.3) is 141 Å². The average Bonchev–Trinajstić information content (AvgIpc) is 0.988. The van der Waals surface area contributed by atoms with Crippen LogP contribution in [-0.2, 0) is 0 Å². The highest BCUT2D eigenvalue weighted by Crippen LogP contribution is 2.55. The molecule has 2 aromatic heterocycles. The number of hydrogen-bond acceptors (Lipinski definition) is 6. The lowest BCUT2D eigenvalue weighted by molar-refractivity contribution is 0.442. The number of hydrogen-bond donors (Lipinski definition) is 0. The Morgan fingerprint density at radius 3 is 0.815 bits per heavy atom. The summed E-state index contributed by atoms with van der Waals surface area (Å²) in [4.78, 5) is 9.66. The molecule has 6 heteroatoms. The minimum absolute atomic E-state index is 0.499. The highest BCUT2D eigenvalue weighted by Gasteiger charge is 2.32. The Morgan fingerprint density at radius 2 is 0.460 bits per heavy atom. The van der Waals surface area contributed by atoms with Crippen LogP contribution in [0.3, 0.4) is 0 Å². The van der Waals surface area contributed by atoms with Crippen LogP contribution in [0.4, 0.5) is 68.2 Å². The van der Waals surface area contributed by atoms with Gasteiger partial charge in [0, 0.05) is 77.2 Å². The topological polar surface area (TPSA) is 39.2 Å². The molecule has 0 atom stereocenters. The van der Waals surface area contributed by atoms with E-state index in [1.54, 1.807) is 0 Å². The maximum Gasteiger partial charge on any atom is 0.159 e. The van der Waals surface area contributed by atoms with Crippen molar-refractivity contribution in [3.63, 3.8) is 0 Å². The van der Waals surface area contributed by atoms with E-state index in [4.69, 9.17) is 8.83 Å². The Hall–Kier alpha value is -15.0. The number of rotatable bonds is 15. The van der Waals surface area contributed by atoms with Crippen molar-refractivity contribution >= 4 is 198 Å². The molecule has 2 aliphatic rings. The molecule has 0 N–H and O–H groups in total. The maximum atomic E-state index is 7.34. The molecule has 2 heterocycles. The molecule has 0 spiro atoms. The number of para-hydroxylation sites is 7. The van der Waals surface area contributed by atoms with Crippen molar-refractivity contribution in [2.75, 3.05) is 19.6 Å². The maximum absolute atomic E-state index is 7.34. The van der Waals surface area contributed by atoms with Gasteiger partial charge in [-0.25, -0.2) is 0 Å². The fraction of sp³-hybridized carbons (Fsp3) is 0.102. The van der Waals surface area contributed by atoms with Crippen molar-refractivity contribution in [3.8, 4) is 11.1 Å². The lowest BCUT2D eigenvalue weighted by Crippen LogP contribution is -2.11. The van der Waals surface area contributed by atoms with E-state index in [0.29, 0.717) is 11.8 Å². The van der Waals surface area contributed by atoms with E-state index in [-0.39, 0.29) is 0 Å². The summed E-state index contributed by atoms with van der Waals surface area (Å²) in [6.45, 7) is 0. The molecule has 23 aromatic rings. The molecule has 6 nitrogen and oxygen atoms in total. The van der Waals surface area contributed by atoms with Crippen LogP contribution < -0.4 is 19.6 Å². The molecule has 592 valence electrons. The van der Waals surface area contributed by atoms with Gasteiger partial charge in [-0.05, 0) is 246 Å². The molecular weight excluding hydrogens is 1510 g/mol. The predicted molar refractivity (Wildman–Crippen MR) is 526 cm³/mol. The first-order valence-electron chi connectivity index (χ1n) is 44.3. The Kier molecular flexibility index (Phi) is 18.0. The summed E-state index contributed by atoms with van der Waals surface area (Å²) in [5, 5.41) is 24.7. The van der Waals surface area contributed by atoms with Gasteiger partial charge in [-0.2, -0.15) is 0 Å². The lowest BCUT2D eigenvalue weighted by atomic mass is 9.82. The van der Waals surface area contributed by atoms with Crippen LogP contribution in [0.1, 0.15) is 87.2 Å². The van der Waals surface area contributed by atoms with Gasteiger partial charge in [0.2, 0.25) is 0 Å². The average molecular weight is 1590 g/mol. The summed E-state index contributed by atoms with van der Waals surface area (Å²) in [7, 11) is 0. The van der Waals surface area contributed by atoms with Crippen LogP contribution in [0, 0.1) is 0 Å². The van der Waals surface area contributed by atoms with Gasteiger partial charge in [-0.3, -0.25) is 0 Å². The zero-order valence-corrected chi connectivity index (χ0v) is 68.9. The van der Waals surface area contributed by atoms with Crippen LogP contribution in [0.2, 0.25) is 0 Å². The molecule has 2 fully saturated rings. The fourth-order valence-corrected chi connectivity index (χ4v) is 21.4. The van der Waals surface area contributed by atoms with Gasteiger partial charge < -0.3 is 28.4 Å². The number of anilines is 12. The molecule has 0 unspecified atom stereocenters. The van der Waals surface area contributed by atoms with Crippen molar-refractivity contribution in [1.29, 1.82) is 0 Å². The van der Waals surface area contributed by atoms with Gasteiger partial charge in [0.25, 0.3) is 0 Å². The van der Waals surface area contributed by atoms with E-state index < -0.39 is 0 Å². The Labute approximate surface area is 720 Å². The van der Waals surface area contributed by atoms with Crippen molar-refractivity contribution in [2.24, 2.45) is 0 Å². The van der Waals surface area contributed by atoms with Crippen LogP contribution in [0.5, 0.6) is 0 Å². The number of furan rings is 2. The van der Waals surface area contributed by atoms with Gasteiger partial charge in [0.05, 0.1) is 34.1 Å². The van der Waals surface area contributed by atoms with Gasteiger partial charge in [-0.15, -0.1) is 0 Å². The fourth-order valence-electron chi connectivity index (χ4n) is 21.4. The smallest absolute Gasteiger partial charge is 0.159 e. The first-order chi connectivity index (χ1) is 61.6. The molecule has 0 saturated heterocycles. The van der Waals surface area contributed by atoms with Gasteiger partial charge in [0.15, 0.2) is 11.2 Å². The monoisotopic (exact) mass is 1590 g/mol. The third-order valence-corrected chi connectivity index (χ3v) is 27.1. The first kappa shape index (κ1) is 73.0. The Bertz CT molecular complexity index is 7900. The highest BCUT2D eigenvalue weighted by atomic mass is 16.3. The first-order valence-corrected chi connectivity index (χ1v) is 44.3. The summed E-state index contributed by atoms with van der Waals surface area (Å²) < 4.78 is 14.6. The lowest BCUT2D eigenvalue weighted by Gasteiger charge is -2.29. The molecule has 25 rings (SSSR count). The summed E-state index contributed by atoms with van der Waals surface area (Å²) in [5.74, 6) is 1.01. The molecule has 0 amide bonds. The normalized spacial score (nSPS) is 13.6. The molecule has 0 aliphatic heterocycles. The summed E-state index contributed by atoms with van der Waals surface area (Å²) in [5.41, 5.74) is 22.4. The summed E-state index contributed by atoms with van der Waals surface area (Å²) in [6, 6.07) is 146. The second-order valence-electron chi connectivity index (χ2n) is 34.1. The second kappa shape index (κ2) is 30.6. The molecule has 2 aliphatic carbocycles. The molecular formula is C118H88N4O2. The van der Waals surface area contributed by atoms with Crippen LogP contribution in [-0.4, -0.2) is 0 Å². The minimum atomic E-state index is 0.499. The van der Waals surface area contributed by atoms with Crippen molar-refractivity contribution in [3.05, 3.63) is 412 Å². The Morgan fingerprint density at radius 1 is 0.177 bits per heavy atom. The van der Waals surface area contributed by atoms with Gasteiger partial charge in [0.1, 0.15) is 11.2 Å². The largest absolute Gasteiger partial charge is 0.454 e. The van der Waals surface area contributed by atoms with Gasteiger partial charge >= 0.3 is 0 Å². The summed E-state index contributed by atoms with van der Waals surface area (Å²) in [6.07, 6.45) is 12.6. The van der Waals surface area contributed by atoms with Crippen LogP contribution >= 0.6 is 0 Å². The minimum Gasteiger partial charge on any atom is -0.454 e. The molecule has 21 aromatic carbocycles. The van der Waals surface area contributed by atoms with E-state index in [0.717, 1.165) is 101 Å². The molecule has 0 bridgehead atoms.